The second-order valence-electron chi connectivity index (χ2n) is 4.12. The molecule has 0 aromatic carbocycles. The van der Waals surface area contributed by atoms with Crippen molar-refractivity contribution in [1.29, 1.82) is 5.26 Å². The number of thioether (sulfide) groups is 1. The van der Waals surface area contributed by atoms with Crippen LogP contribution in [-0.4, -0.2) is 32.8 Å². The molecule has 0 aliphatic rings. The zero-order valence-corrected chi connectivity index (χ0v) is 13.6. The third-order valence-corrected chi connectivity index (χ3v) is 4.54. The van der Waals surface area contributed by atoms with Gasteiger partial charge in [0.2, 0.25) is 5.16 Å². The highest BCUT2D eigenvalue weighted by atomic mass is 32.2. The Morgan fingerprint density at radius 2 is 2.45 bits per heavy atom. The first-order chi connectivity index (χ1) is 10.6. The molecule has 0 aliphatic carbocycles. The van der Waals surface area contributed by atoms with Crippen molar-refractivity contribution in [2.24, 2.45) is 7.05 Å². The largest absolute Gasteiger partial charge is 0.462 e. The average molecular weight is 335 g/mol. The Labute approximate surface area is 135 Å². The minimum absolute atomic E-state index is 0.000374. The van der Waals surface area contributed by atoms with Crippen LogP contribution in [-0.2, 0) is 22.3 Å². The first kappa shape index (κ1) is 16.2. The predicted octanol–water partition coefficient (Wildman–Crippen LogP) is 2.03. The van der Waals surface area contributed by atoms with Gasteiger partial charge in [0.05, 0.1) is 6.61 Å². The maximum Gasteiger partial charge on any atom is 0.348 e. The van der Waals surface area contributed by atoms with E-state index in [1.807, 2.05) is 17.5 Å². The topological polar surface area (TPSA) is 93.7 Å². The Kier molecular flexibility index (Phi) is 5.68. The van der Waals surface area contributed by atoms with E-state index >= 15 is 0 Å². The van der Waals surface area contributed by atoms with Gasteiger partial charge in [0, 0.05) is 17.7 Å². The van der Waals surface area contributed by atoms with Crippen molar-refractivity contribution in [1.82, 2.24) is 20.2 Å². The van der Waals surface area contributed by atoms with Gasteiger partial charge in [-0.1, -0.05) is 11.8 Å². The van der Waals surface area contributed by atoms with Crippen LogP contribution >= 0.6 is 23.1 Å². The number of rotatable bonds is 6. The molecule has 0 saturated carbocycles. The van der Waals surface area contributed by atoms with Crippen LogP contribution in [0.25, 0.3) is 6.08 Å². The number of tetrazole rings is 1. The number of ether oxygens (including phenoxy) is 1. The Morgan fingerprint density at radius 3 is 3.09 bits per heavy atom. The summed E-state index contributed by atoms with van der Waals surface area (Å²) < 4.78 is 6.43. The van der Waals surface area contributed by atoms with Gasteiger partial charge in [-0.2, -0.15) is 5.26 Å². The van der Waals surface area contributed by atoms with Gasteiger partial charge in [0.25, 0.3) is 0 Å². The predicted molar refractivity (Wildman–Crippen MR) is 82.9 cm³/mol. The van der Waals surface area contributed by atoms with Crippen molar-refractivity contribution in [2.75, 3.05) is 6.61 Å². The van der Waals surface area contributed by atoms with Crippen molar-refractivity contribution < 1.29 is 9.53 Å². The van der Waals surface area contributed by atoms with Crippen LogP contribution in [0, 0.1) is 11.3 Å². The van der Waals surface area contributed by atoms with E-state index in [1.54, 1.807) is 24.7 Å². The summed E-state index contributed by atoms with van der Waals surface area (Å²) in [6.45, 7) is 1.95. The van der Waals surface area contributed by atoms with Crippen molar-refractivity contribution in [3.05, 3.63) is 27.5 Å². The average Bonchev–Trinajstić information content (AvgIpc) is 3.11. The lowest BCUT2D eigenvalue weighted by Crippen LogP contribution is -2.05. The van der Waals surface area contributed by atoms with Crippen molar-refractivity contribution >= 4 is 35.1 Å². The van der Waals surface area contributed by atoms with Crippen LogP contribution in [0.4, 0.5) is 0 Å². The molecule has 0 unspecified atom stereocenters. The molecule has 0 spiro atoms. The van der Waals surface area contributed by atoms with Crippen molar-refractivity contribution in [2.45, 2.75) is 17.8 Å². The fourth-order valence-electron chi connectivity index (χ4n) is 1.53. The number of esters is 1. The van der Waals surface area contributed by atoms with E-state index in [4.69, 9.17) is 10.00 Å². The fraction of sp³-hybridized carbons (Fsp3) is 0.308. The van der Waals surface area contributed by atoms with E-state index in [2.05, 4.69) is 15.5 Å². The molecule has 2 heterocycles. The lowest BCUT2D eigenvalue weighted by atomic mass is 10.2. The molecule has 9 heteroatoms. The zero-order chi connectivity index (χ0) is 15.9. The number of nitriles is 1. The maximum atomic E-state index is 11.6. The Hall–Kier alpha value is -2.18. The molecular weight excluding hydrogens is 322 g/mol. The summed E-state index contributed by atoms with van der Waals surface area (Å²) >= 11 is 2.98. The van der Waals surface area contributed by atoms with Crippen LogP contribution in [0.1, 0.15) is 17.4 Å². The molecule has 0 fully saturated rings. The van der Waals surface area contributed by atoms with E-state index < -0.39 is 5.97 Å². The SMILES string of the molecule is CCOC(=O)C(C#N)=Cc1cc(CSc2nnnn2C)cs1. The minimum atomic E-state index is -0.598. The number of hydrogen-bond donors (Lipinski definition) is 0. The number of carbonyl (C=O) groups is 1. The maximum absolute atomic E-state index is 11.6. The minimum Gasteiger partial charge on any atom is -0.462 e. The molecule has 2 aromatic rings. The van der Waals surface area contributed by atoms with E-state index in [1.165, 1.54) is 23.1 Å². The molecular formula is C13H13N5O2S2. The summed E-state index contributed by atoms with van der Waals surface area (Å²) in [4.78, 5) is 12.4. The highest BCUT2D eigenvalue weighted by Crippen LogP contribution is 2.24. The monoisotopic (exact) mass is 335 g/mol. The lowest BCUT2D eigenvalue weighted by molar-refractivity contribution is -0.137. The molecule has 0 atom stereocenters. The standard InChI is InChI=1S/C13H13N5O2S2/c1-3-20-12(19)10(6-14)5-11-4-9(7-21-11)8-22-13-15-16-17-18(13)2/h4-5,7H,3,8H2,1-2H3. The highest BCUT2D eigenvalue weighted by Gasteiger charge is 2.11. The Balaban J connectivity index is 2.03. The van der Waals surface area contributed by atoms with E-state index in [9.17, 15) is 4.79 Å². The normalized spacial score (nSPS) is 11.2. The van der Waals surface area contributed by atoms with Gasteiger partial charge in [-0.15, -0.1) is 16.4 Å². The number of aryl methyl sites for hydroxylation is 1. The smallest absolute Gasteiger partial charge is 0.348 e. The first-order valence-corrected chi connectivity index (χ1v) is 8.22. The number of aromatic nitrogens is 4. The summed E-state index contributed by atoms with van der Waals surface area (Å²) in [5, 5.41) is 22.9. The van der Waals surface area contributed by atoms with E-state index in [-0.39, 0.29) is 12.2 Å². The summed E-state index contributed by atoms with van der Waals surface area (Å²) in [6, 6.07) is 3.79. The summed E-state index contributed by atoms with van der Waals surface area (Å²) in [7, 11) is 1.78. The summed E-state index contributed by atoms with van der Waals surface area (Å²) in [5.41, 5.74) is 1.07. The van der Waals surface area contributed by atoms with Crippen LogP contribution in [0.5, 0.6) is 0 Å². The second kappa shape index (κ2) is 7.72. The van der Waals surface area contributed by atoms with Crippen LogP contribution < -0.4 is 0 Å². The molecule has 0 aliphatic heterocycles. The number of nitrogens with zero attached hydrogens (tertiary/aromatic N) is 5. The van der Waals surface area contributed by atoms with Crippen LogP contribution in [0.3, 0.4) is 0 Å². The van der Waals surface area contributed by atoms with Gasteiger partial charge in [-0.3, -0.25) is 0 Å². The molecule has 0 N–H and O–H groups in total. The van der Waals surface area contributed by atoms with Crippen LogP contribution in [0.2, 0.25) is 0 Å². The second-order valence-corrected chi connectivity index (χ2v) is 6.01. The Morgan fingerprint density at radius 1 is 1.64 bits per heavy atom. The van der Waals surface area contributed by atoms with Gasteiger partial charge >= 0.3 is 5.97 Å². The molecule has 0 saturated heterocycles. The summed E-state index contributed by atoms with van der Waals surface area (Å²) in [5.74, 6) is 0.110. The summed E-state index contributed by atoms with van der Waals surface area (Å²) in [6.07, 6.45) is 1.54. The molecule has 0 bridgehead atoms. The lowest BCUT2D eigenvalue weighted by Gasteiger charge is -1.98. The zero-order valence-electron chi connectivity index (χ0n) is 12.0. The Bertz CT molecular complexity index is 729. The molecule has 2 rings (SSSR count). The molecule has 114 valence electrons. The van der Waals surface area contributed by atoms with Gasteiger partial charge < -0.3 is 4.74 Å². The van der Waals surface area contributed by atoms with Crippen LogP contribution in [0.15, 0.2) is 22.2 Å². The van der Waals surface area contributed by atoms with E-state index in [0.717, 1.165) is 15.6 Å². The van der Waals surface area contributed by atoms with E-state index in [0.29, 0.717) is 5.75 Å². The molecule has 7 nitrogen and oxygen atoms in total. The van der Waals surface area contributed by atoms with Gasteiger partial charge in [0.15, 0.2) is 0 Å². The quantitative estimate of drug-likeness (QED) is 0.345. The number of thiophene rings is 1. The van der Waals surface area contributed by atoms with Crippen molar-refractivity contribution in [3.63, 3.8) is 0 Å². The fourth-order valence-corrected chi connectivity index (χ4v) is 3.25. The molecule has 0 amide bonds. The number of hydrogen-bond acceptors (Lipinski definition) is 8. The van der Waals surface area contributed by atoms with Gasteiger partial charge in [-0.05, 0) is 40.4 Å². The highest BCUT2D eigenvalue weighted by molar-refractivity contribution is 7.98. The van der Waals surface area contributed by atoms with Gasteiger partial charge in [-0.25, -0.2) is 9.48 Å². The van der Waals surface area contributed by atoms with Crippen molar-refractivity contribution in [3.8, 4) is 6.07 Å². The van der Waals surface area contributed by atoms with Gasteiger partial charge in [0.1, 0.15) is 11.6 Å². The molecule has 0 radical (unpaired) electrons. The third kappa shape index (κ3) is 4.16. The number of carbonyl (C=O) groups excluding carboxylic acids is 1. The first-order valence-electron chi connectivity index (χ1n) is 6.35. The third-order valence-electron chi connectivity index (χ3n) is 2.53. The molecule has 2 aromatic heterocycles. The molecule has 22 heavy (non-hydrogen) atoms.